The van der Waals surface area contributed by atoms with Gasteiger partial charge < -0.3 is 20.9 Å². The molecular formula is C22H26N4O3. The van der Waals surface area contributed by atoms with Gasteiger partial charge in [-0.05, 0) is 42.3 Å². The second kappa shape index (κ2) is 8.77. The molecule has 0 fully saturated rings. The Bertz CT molecular complexity index is 909. The summed E-state index contributed by atoms with van der Waals surface area (Å²) in [4.78, 5) is 38.2. The SMILES string of the molecule is CC(=O)Nc1ccc(NC(=O)CCN2C(=O)c3ccccc3N[C@H]2C(C)C)cc1. The van der Waals surface area contributed by atoms with E-state index in [1.54, 1.807) is 35.2 Å². The summed E-state index contributed by atoms with van der Waals surface area (Å²) >= 11 is 0. The number of fused-ring (bicyclic) bond motifs is 1. The van der Waals surface area contributed by atoms with Crippen LogP contribution in [0.3, 0.4) is 0 Å². The topological polar surface area (TPSA) is 90.5 Å². The maximum Gasteiger partial charge on any atom is 0.257 e. The number of nitrogens with zero attached hydrogens (tertiary/aromatic N) is 1. The van der Waals surface area contributed by atoms with E-state index in [0.717, 1.165) is 5.69 Å². The Morgan fingerprint density at radius 2 is 1.66 bits per heavy atom. The first-order valence-corrected chi connectivity index (χ1v) is 9.69. The van der Waals surface area contributed by atoms with Gasteiger partial charge in [-0.15, -0.1) is 0 Å². The smallest absolute Gasteiger partial charge is 0.257 e. The first-order valence-electron chi connectivity index (χ1n) is 9.69. The van der Waals surface area contributed by atoms with Gasteiger partial charge in [-0.3, -0.25) is 14.4 Å². The Labute approximate surface area is 170 Å². The number of hydrogen-bond donors (Lipinski definition) is 3. The van der Waals surface area contributed by atoms with Crippen LogP contribution in [0.5, 0.6) is 0 Å². The summed E-state index contributed by atoms with van der Waals surface area (Å²) in [5, 5.41) is 8.92. The summed E-state index contributed by atoms with van der Waals surface area (Å²) < 4.78 is 0. The van der Waals surface area contributed by atoms with E-state index in [1.165, 1.54) is 6.92 Å². The van der Waals surface area contributed by atoms with Crippen molar-refractivity contribution in [2.75, 3.05) is 22.5 Å². The molecule has 0 saturated heterocycles. The molecule has 0 bridgehead atoms. The van der Waals surface area contributed by atoms with E-state index in [-0.39, 0.29) is 36.2 Å². The zero-order valence-corrected chi connectivity index (χ0v) is 16.9. The molecule has 29 heavy (non-hydrogen) atoms. The number of nitrogens with one attached hydrogen (secondary N) is 3. The summed E-state index contributed by atoms with van der Waals surface area (Å²) in [5.74, 6) is -0.198. The number of hydrogen-bond acceptors (Lipinski definition) is 4. The van der Waals surface area contributed by atoms with E-state index in [1.807, 2.05) is 32.0 Å². The molecule has 1 aliphatic heterocycles. The number of carbonyl (C=O) groups excluding carboxylic acids is 3. The largest absolute Gasteiger partial charge is 0.364 e. The molecule has 7 heteroatoms. The third-order valence-corrected chi connectivity index (χ3v) is 4.76. The molecule has 0 aliphatic carbocycles. The molecule has 0 radical (unpaired) electrons. The maximum atomic E-state index is 12.9. The zero-order valence-electron chi connectivity index (χ0n) is 16.9. The third kappa shape index (κ3) is 4.93. The van der Waals surface area contributed by atoms with Crippen LogP contribution in [0.2, 0.25) is 0 Å². The Hall–Kier alpha value is -3.35. The fourth-order valence-corrected chi connectivity index (χ4v) is 3.37. The van der Waals surface area contributed by atoms with Crippen LogP contribution in [0.4, 0.5) is 17.1 Å². The molecule has 3 amide bonds. The van der Waals surface area contributed by atoms with E-state index in [9.17, 15) is 14.4 Å². The fourth-order valence-electron chi connectivity index (χ4n) is 3.37. The lowest BCUT2D eigenvalue weighted by molar-refractivity contribution is -0.116. The van der Waals surface area contributed by atoms with Gasteiger partial charge in [0.15, 0.2) is 0 Å². The van der Waals surface area contributed by atoms with Crippen molar-refractivity contribution in [3.05, 3.63) is 54.1 Å². The number of rotatable bonds is 6. The van der Waals surface area contributed by atoms with Gasteiger partial charge in [0.25, 0.3) is 5.91 Å². The van der Waals surface area contributed by atoms with Gasteiger partial charge in [-0.25, -0.2) is 0 Å². The Morgan fingerprint density at radius 1 is 1.03 bits per heavy atom. The molecule has 2 aromatic rings. The minimum Gasteiger partial charge on any atom is -0.364 e. The molecule has 3 N–H and O–H groups in total. The van der Waals surface area contributed by atoms with Gasteiger partial charge in [-0.2, -0.15) is 0 Å². The predicted molar refractivity (Wildman–Crippen MR) is 114 cm³/mol. The van der Waals surface area contributed by atoms with Crippen molar-refractivity contribution in [1.29, 1.82) is 0 Å². The lowest BCUT2D eigenvalue weighted by Crippen LogP contribution is -2.52. The van der Waals surface area contributed by atoms with Crippen LogP contribution in [0.1, 0.15) is 37.6 Å². The number of para-hydroxylation sites is 1. The maximum absolute atomic E-state index is 12.9. The number of carbonyl (C=O) groups is 3. The number of anilines is 3. The number of benzene rings is 2. The minimum absolute atomic E-state index is 0.0643. The quantitative estimate of drug-likeness (QED) is 0.699. The average Bonchev–Trinajstić information content (AvgIpc) is 2.68. The standard InChI is InChI=1S/C22H26N4O3/c1-14(2)21-25-19-7-5-4-6-18(19)22(29)26(21)13-12-20(28)24-17-10-8-16(9-11-17)23-15(3)27/h4-11,14,21,25H,12-13H2,1-3H3,(H,23,27)(H,24,28)/t21-/m1/s1. The summed E-state index contributed by atoms with van der Waals surface area (Å²) in [6.07, 6.45) is 0.0221. The van der Waals surface area contributed by atoms with Gasteiger partial charge in [-0.1, -0.05) is 26.0 Å². The summed E-state index contributed by atoms with van der Waals surface area (Å²) in [6, 6.07) is 14.3. The normalized spacial score (nSPS) is 15.5. The lowest BCUT2D eigenvalue weighted by atomic mass is 10.0. The highest BCUT2D eigenvalue weighted by Gasteiger charge is 2.33. The third-order valence-electron chi connectivity index (χ3n) is 4.76. The molecule has 1 atom stereocenters. The predicted octanol–water partition coefficient (Wildman–Crippen LogP) is 3.52. The summed E-state index contributed by atoms with van der Waals surface area (Å²) in [5.41, 5.74) is 2.76. The van der Waals surface area contributed by atoms with E-state index < -0.39 is 0 Å². The van der Waals surface area contributed by atoms with E-state index >= 15 is 0 Å². The van der Waals surface area contributed by atoms with Crippen molar-refractivity contribution in [2.24, 2.45) is 5.92 Å². The van der Waals surface area contributed by atoms with Crippen LogP contribution < -0.4 is 16.0 Å². The van der Waals surface area contributed by atoms with Gasteiger partial charge in [0.05, 0.1) is 5.56 Å². The van der Waals surface area contributed by atoms with Gasteiger partial charge in [0.1, 0.15) is 6.17 Å². The molecule has 3 rings (SSSR count). The van der Waals surface area contributed by atoms with Crippen molar-refractivity contribution in [3.8, 4) is 0 Å². The molecule has 0 unspecified atom stereocenters. The molecule has 0 saturated carbocycles. The fraction of sp³-hybridized carbons (Fsp3) is 0.318. The molecule has 7 nitrogen and oxygen atoms in total. The van der Waals surface area contributed by atoms with E-state index in [2.05, 4.69) is 16.0 Å². The second-order valence-corrected chi connectivity index (χ2v) is 7.43. The van der Waals surface area contributed by atoms with Crippen LogP contribution in [-0.4, -0.2) is 35.3 Å². The van der Waals surface area contributed by atoms with Crippen molar-refractivity contribution in [1.82, 2.24) is 4.90 Å². The van der Waals surface area contributed by atoms with E-state index in [4.69, 9.17) is 0 Å². The molecular weight excluding hydrogens is 368 g/mol. The first-order chi connectivity index (χ1) is 13.8. The van der Waals surface area contributed by atoms with Crippen molar-refractivity contribution < 1.29 is 14.4 Å². The Morgan fingerprint density at radius 3 is 2.28 bits per heavy atom. The molecule has 1 aliphatic rings. The van der Waals surface area contributed by atoms with Crippen LogP contribution in [-0.2, 0) is 9.59 Å². The van der Waals surface area contributed by atoms with Crippen molar-refractivity contribution >= 4 is 34.8 Å². The molecule has 2 aromatic carbocycles. The molecule has 152 valence electrons. The van der Waals surface area contributed by atoms with Gasteiger partial charge in [0, 0.05) is 37.0 Å². The van der Waals surface area contributed by atoms with Crippen LogP contribution in [0.15, 0.2) is 48.5 Å². The molecule has 0 aromatic heterocycles. The highest BCUT2D eigenvalue weighted by Crippen LogP contribution is 2.28. The van der Waals surface area contributed by atoms with Crippen LogP contribution >= 0.6 is 0 Å². The van der Waals surface area contributed by atoms with Gasteiger partial charge >= 0.3 is 0 Å². The lowest BCUT2D eigenvalue weighted by Gasteiger charge is -2.40. The molecule has 1 heterocycles. The van der Waals surface area contributed by atoms with Crippen LogP contribution in [0, 0.1) is 5.92 Å². The van der Waals surface area contributed by atoms with Crippen molar-refractivity contribution in [2.45, 2.75) is 33.4 Å². The Kier molecular flexibility index (Phi) is 6.16. The van der Waals surface area contributed by atoms with Crippen molar-refractivity contribution in [3.63, 3.8) is 0 Å². The summed E-state index contributed by atoms with van der Waals surface area (Å²) in [7, 11) is 0. The zero-order chi connectivity index (χ0) is 21.0. The minimum atomic E-state index is -0.175. The van der Waals surface area contributed by atoms with Crippen LogP contribution in [0.25, 0.3) is 0 Å². The highest BCUT2D eigenvalue weighted by atomic mass is 16.2. The Balaban J connectivity index is 1.62. The second-order valence-electron chi connectivity index (χ2n) is 7.43. The summed E-state index contributed by atoms with van der Waals surface area (Å²) in [6.45, 7) is 5.85. The number of amides is 3. The highest BCUT2D eigenvalue weighted by molar-refractivity contribution is 6.02. The first kappa shape index (κ1) is 20.4. The average molecular weight is 394 g/mol. The molecule has 0 spiro atoms. The monoisotopic (exact) mass is 394 g/mol. The van der Waals surface area contributed by atoms with Gasteiger partial charge in [0.2, 0.25) is 11.8 Å². The van der Waals surface area contributed by atoms with E-state index in [0.29, 0.717) is 23.5 Å².